The average Bonchev–Trinajstić information content (AvgIpc) is 2.93. The number of aliphatic hydroxyl groups is 1. The topological polar surface area (TPSA) is 55.8 Å². The van der Waals surface area contributed by atoms with Crippen molar-refractivity contribution in [2.75, 3.05) is 13.2 Å². The number of rotatable bonds is 16. The minimum Gasteiger partial charge on any atom is -0.494 e. The molecule has 1 aliphatic carbocycles. The lowest BCUT2D eigenvalue weighted by Crippen LogP contribution is -2.34. The maximum atomic E-state index is 12.5. The highest BCUT2D eigenvalue weighted by molar-refractivity contribution is 5.72. The second-order valence-electron chi connectivity index (χ2n) is 10.8. The van der Waals surface area contributed by atoms with Gasteiger partial charge in [-0.05, 0) is 67.3 Å². The normalized spacial score (nSPS) is 19.5. The van der Waals surface area contributed by atoms with E-state index in [1.54, 1.807) is 0 Å². The van der Waals surface area contributed by atoms with Gasteiger partial charge in [0.05, 0.1) is 24.7 Å². The number of ether oxygens (including phenoxy) is 2. The molecule has 1 aliphatic rings. The third-order valence-corrected chi connectivity index (χ3v) is 7.76. The highest BCUT2D eigenvalue weighted by atomic mass is 16.5. The highest BCUT2D eigenvalue weighted by Crippen LogP contribution is 2.40. The van der Waals surface area contributed by atoms with Gasteiger partial charge in [0, 0.05) is 0 Å². The van der Waals surface area contributed by atoms with Gasteiger partial charge in [0.2, 0.25) is 0 Å². The quantitative estimate of drug-likeness (QED) is 0.182. The molecule has 0 amide bonds. The molecule has 0 radical (unpaired) electrons. The van der Waals surface area contributed by atoms with Crippen molar-refractivity contribution in [3.8, 4) is 16.9 Å². The van der Waals surface area contributed by atoms with Crippen LogP contribution in [0.15, 0.2) is 48.5 Å². The summed E-state index contributed by atoms with van der Waals surface area (Å²) in [4.78, 5) is 12.5. The SMILES string of the molecule is CCCCCCCCOC(=O)C1CCC(O)(c2ccc(-c3ccc(OCCCCCC)cc3)cc2)CC1. The minimum absolute atomic E-state index is 0.0839. The first-order valence-corrected chi connectivity index (χ1v) is 14.8. The maximum Gasteiger partial charge on any atom is 0.308 e. The van der Waals surface area contributed by atoms with Gasteiger partial charge >= 0.3 is 5.97 Å². The van der Waals surface area contributed by atoms with Crippen LogP contribution in [0, 0.1) is 5.92 Å². The summed E-state index contributed by atoms with van der Waals surface area (Å²) in [6, 6.07) is 16.5. The zero-order chi connectivity index (χ0) is 26.3. The molecule has 204 valence electrons. The maximum absolute atomic E-state index is 12.5. The summed E-state index contributed by atoms with van der Waals surface area (Å²) in [6.07, 6.45) is 14.5. The summed E-state index contributed by atoms with van der Waals surface area (Å²) in [5, 5.41) is 11.3. The van der Waals surface area contributed by atoms with Crippen molar-refractivity contribution in [2.24, 2.45) is 5.92 Å². The Labute approximate surface area is 224 Å². The molecule has 0 bridgehead atoms. The van der Waals surface area contributed by atoms with E-state index >= 15 is 0 Å². The molecule has 0 atom stereocenters. The molecule has 0 heterocycles. The predicted octanol–water partition coefficient (Wildman–Crippen LogP) is 8.59. The minimum atomic E-state index is -0.871. The van der Waals surface area contributed by atoms with E-state index in [2.05, 4.69) is 38.1 Å². The second kappa shape index (κ2) is 15.8. The van der Waals surface area contributed by atoms with E-state index in [4.69, 9.17) is 9.47 Å². The molecule has 4 heteroatoms. The van der Waals surface area contributed by atoms with E-state index in [0.29, 0.717) is 32.3 Å². The first kappa shape index (κ1) is 29.2. The van der Waals surface area contributed by atoms with Crippen molar-refractivity contribution >= 4 is 5.97 Å². The molecule has 0 unspecified atom stereocenters. The third-order valence-electron chi connectivity index (χ3n) is 7.76. The Morgan fingerprint density at radius 3 is 1.89 bits per heavy atom. The third kappa shape index (κ3) is 9.48. The number of hydrogen-bond acceptors (Lipinski definition) is 4. The number of carbonyl (C=O) groups excluding carboxylic acids is 1. The van der Waals surface area contributed by atoms with Crippen molar-refractivity contribution in [3.63, 3.8) is 0 Å². The summed E-state index contributed by atoms with van der Waals surface area (Å²) >= 11 is 0. The lowest BCUT2D eigenvalue weighted by molar-refractivity contribution is -0.152. The van der Waals surface area contributed by atoms with Gasteiger partial charge in [-0.3, -0.25) is 4.79 Å². The summed E-state index contributed by atoms with van der Waals surface area (Å²) < 4.78 is 11.4. The van der Waals surface area contributed by atoms with Crippen LogP contribution < -0.4 is 4.74 Å². The van der Waals surface area contributed by atoms with Gasteiger partial charge in [-0.15, -0.1) is 0 Å². The van der Waals surface area contributed by atoms with Gasteiger partial charge in [-0.25, -0.2) is 0 Å². The number of benzene rings is 2. The first-order chi connectivity index (χ1) is 18.1. The van der Waals surface area contributed by atoms with E-state index < -0.39 is 5.60 Å². The summed E-state index contributed by atoms with van der Waals surface area (Å²) in [6.45, 7) is 5.73. The fraction of sp³-hybridized carbons (Fsp3) is 0.606. The molecular formula is C33H48O4. The van der Waals surface area contributed by atoms with Crippen LogP contribution in [0.4, 0.5) is 0 Å². The molecule has 0 aliphatic heterocycles. The molecule has 2 aromatic carbocycles. The van der Waals surface area contributed by atoms with Crippen LogP contribution in [0.2, 0.25) is 0 Å². The molecule has 2 aromatic rings. The van der Waals surface area contributed by atoms with E-state index in [1.807, 2.05) is 24.3 Å². The summed E-state index contributed by atoms with van der Waals surface area (Å²) in [7, 11) is 0. The van der Waals surface area contributed by atoms with Crippen molar-refractivity contribution in [1.29, 1.82) is 0 Å². The Kier molecular flexibility index (Phi) is 12.5. The zero-order valence-corrected chi connectivity index (χ0v) is 23.2. The van der Waals surface area contributed by atoms with Gasteiger partial charge in [0.1, 0.15) is 5.75 Å². The zero-order valence-electron chi connectivity index (χ0n) is 23.2. The molecule has 1 saturated carbocycles. The highest BCUT2D eigenvalue weighted by Gasteiger charge is 2.37. The monoisotopic (exact) mass is 508 g/mol. The van der Waals surface area contributed by atoms with Gasteiger partial charge in [0.15, 0.2) is 0 Å². The number of unbranched alkanes of at least 4 members (excludes halogenated alkanes) is 8. The molecule has 4 nitrogen and oxygen atoms in total. The van der Waals surface area contributed by atoms with Crippen LogP contribution >= 0.6 is 0 Å². The van der Waals surface area contributed by atoms with Crippen LogP contribution in [-0.4, -0.2) is 24.3 Å². The van der Waals surface area contributed by atoms with Crippen LogP contribution in [0.1, 0.15) is 109 Å². The standard InChI is InChI=1S/C33H48O4/c1-3-5-7-9-10-12-26-37-32(34)29-21-23-33(35,24-22-29)30-17-13-27(14-18-30)28-15-19-31(20-16-28)36-25-11-8-6-4-2/h13-20,29,35H,3-12,21-26H2,1-2H3. The largest absolute Gasteiger partial charge is 0.494 e. The van der Waals surface area contributed by atoms with Crippen LogP contribution in [0.25, 0.3) is 11.1 Å². The second-order valence-corrected chi connectivity index (χ2v) is 10.8. The fourth-order valence-corrected chi connectivity index (χ4v) is 5.23. The van der Waals surface area contributed by atoms with Crippen LogP contribution in [0.5, 0.6) is 5.75 Å². The molecule has 37 heavy (non-hydrogen) atoms. The molecule has 1 fully saturated rings. The molecule has 0 spiro atoms. The molecule has 0 aromatic heterocycles. The van der Waals surface area contributed by atoms with E-state index in [1.165, 1.54) is 44.9 Å². The van der Waals surface area contributed by atoms with Crippen LogP contribution in [0.3, 0.4) is 0 Å². The van der Waals surface area contributed by atoms with Gasteiger partial charge in [-0.2, -0.15) is 0 Å². The first-order valence-electron chi connectivity index (χ1n) is 14.8. The Bertz CT molecular complexity index is 895. The lowest BCUT2D eigenvalue weighted by atomic mass is 9.75. The van der Waals surface area contributed by atoms with Crippen molar-refractivity contribution in [2.45, 2.75) is 109 Å². The predicted molar refractivity (Wildman–Crippen MR) is 152 cm³/mol. The Balaban J connectivity index is 1.42. The Hall–Kier alpha value is -2.33. The van der Waals surface area contributed by atoms with E-state index in [0.717, 1.165) is 48.3 Å². The fourth-order valence-electron chi connectivity index (χ4n) is 5.23. The lowest BCUT2D eigenvalue weighted by Gasteiger charge is -2.35. The average molecular weight is 509 g/mol. The smallest absolute Gasteiger partial charge is 0.308 e. The molecule has 3 rings (SSSR count). The summed E-state index contributed by atoms with van der Waals surface area (Å²) in [5.41, 5.74) is 2.31. The van der Waals surface area contributed by atoms with Crippen molar-refractivity contribution in [3.05, 3.63) is 54.1 Å². The summed E-state index contributed by atoms with van der Waals surface area (Å²) in [5.74, 6) is 0.736. The number of esters is 1. The van der Waals surface area contributed by atoms with E-state index in [9.17, 15) is 9.90 Å². The Morgan fingerprint density at radius 2 is 1.27 bits per heavy atom. The Morgan fingerprint density at radius 1 is 0.757 bits per heavy atom. The van der Waals surface area contributed by atoms with E-state index in [-0.39, 0.29) is 11.9 Å². The van der Waals surface area contributed by atoms with Crippen LogP contribution in [-0.2, 0) is 15.1 Å². The van der Waals surface area contributed by atoms with Crippen molar-refractivity contribution < 1.29 is 19.4 Å². The van der Waals surface area contributed by atoms with Gasteiger partial charge in [-0.1, -0.05) is 102 Å². The van der Waals surface area contributed by atoms with Gasteiger partial charge in [0.25, 0.3) is 0 Å². The number of hydrogen-bond donors (Lipinski definition) is 1. The van der Waals surface area contributed by atoms with Gasteiger partial charge < -0.3 is 14.6 Å². The molecule has 1 N–H and O–H groups in total. The molecule has 0 saturated heterocycles. The number of carbonyl (C=O) groups is 1. The molecular weight excluding hydrogens is 460 g/mol. The van der Waals surface area contributed by atoms with Crippen molar-refractivity contribution in [1.82, 2.24) is 0 Å².